The third-order valence-corrected chi connectivity index (χ3v) is 4.06. The zero-order chi connectivity index (χ0) is 15.9. The average molecular weight is 298 g/mol. The van der Waals surface area contributed by atoms with Crippen LogP contribution in [0.3, 0.4) is 0 Å². The summed E-state index contributed by atoms with van der Waals surface area (Å²) in [5, 5.41) is 2.32. The lowest BCUT2D eigenvalue weighted by molar-refractivity contribution is -0.136. The minimum Gasteiger partial charge on any atom is -0.322 e. The lowest BCUT2D eigenvalue weighted by Crippen LogP contribution is -2.52. The van der Waals surface area contributed by atoms with E-state index >= 15 is 0 Å². The summed E-state index contributed by atoms with van der Waals surface area (Å²) in [6, 6.07) is 5.08. The topological polar surface area (TPSA) is 66.5 Å². The van der Waals surface area contributed by atoms with Crippen molar-refractivity contribution in [3.05, 3.63) is 40.5 Å². The quantitative estimate of drug-likeness (QED) is 0.848. The number of benzene rings is 1. The first-order valence-electron chi connectivity index (χ1n) is 7.39. The van der Waals surface area contributed by atoms with Crippen LogP contribution in [0.25, 0.3) is 6.08 Å². The van der Waals surface area contributed by atoms with Crippen LogP contribution in [0.5, 0.6) is 0 Å². The number of carbonyl (C=O) groups is 3. The number of fused-ring (bicyclic) bond motifs is 1. The van der Waals surface area contributed by atoms with Crippen molar-refractivity contribution >= 4 is 23.8 Å². The Labute approximate surface area is 129 Å². The van der Waals surface area contributed by atoms with E-state index in [1.807, 2.05) is 32.1 Å². The van der Waals surface area contributed by atoms with E-state index in [1.165, 1.54) is 0 Å². The van der Waals surface area contributed by atoms with Gasteiger partial charge in [-0.2, -0.15) is 0 Å². The molecule has 2 aliphatic rings. The minimum absolute atomic E-state index is 0.131. The van der Waals surface area contributed by atoms with Crippen molar-refractivity contribution in [2.24, 2.45) is 0 Å². The summed E-state index contributed by atoms with van der Waals surface area (Å²) in [6.07, 6.45) is 2.71. The summed E-state index contributed by atoms with van der Waals surface area (Å²) in [7, 11) is 0. The van der Waals surface area contributed by atoms with Gasteiger partial charge in [-0.25, -0.2) is 0 Å². The van der Waals surface area contributed by atoms with Crippen LogP contribution in [0.1, 0.15) is 48.2 Å². The van der Waals surface area contributed by atoms with Crippen molar-refractivity contribution < 1.29 is 14.4 Å². The first-order chi connectivity index (χ1) is 10.5. The smallest absolute Gasteiger partial charge is 0.255 e. The summed E-state index contributed by atoms with van der Waals surface area (Å²) >= 11 is 0. The Hall–Kier alpha value is -2.43. The second-order valence-corrected chi connectivity index (χ2v) is 5.99. The Balaban J connectivity index is 1.93. The van der Waals surface area contributed by atoms with Gasteiger partial charge in [0.2, 0.25) is 11.8 Å². The second kappa shape index (κ2) is 5.40. The van der Waals surface area contributed by atoms with Gasteiger partial charge in [0.25, 0.3) is 5.91 Å². The molecular weight excluding hydrogens is 280 g/mol. The van der Waals surface area contributed by atoms with Gasteiger partial charge in [0, 0.05) is 18.5 Å². The van der Waals surface area contributed by atoms with Crippen molar-refractivity contribution in [2.75, 3.05) is 0 Å². The second-order valence-electron chi connectivity index (χ2n) is 5.99. The highest BCUT2D eigenvalue weighted by molar-refractivity contribution is 6.05. The van der Waals surface area contributed by atoms with Gasteiger partial charge < -0.3 is 4.90 Å². The molecule has 5 nitrogen and oxygen atoms in total. The van der Waals surface area contributed by atoms with Crippen LogP contribution < -0.4 is 5.32 Å². The fraction of sp³-hybridized carbons (Fsp3) is 0.353. The predicted octanol–water partition coefficient (Wildman–Crippen LogP) is 1.87. The van der Waals surface area contributed by atoms with Crippen molar-refractivity contribution in [3.63, 3.8) is 0 Å². The number of hydrogen-bond acceptors (Lipinski definition) is 3. The fourth-order valence-electron chi connectivity index (χ4n) is 3.06. The molecule has 1 aromatic carbocycles. The van der Waals surface area contributed by atoms with E-state index in [1.54, 1.807) is 11.0 Å². The number of carbonyl (C=O) groups excluding carboxylic acids is 3. The lowest BCUT2D eigenvalue weighted by Gasteiger charge is -2.29. The van der Waals surface area contributed by atoms with Crippen LogP contribution in [0.15, 0.2) is 23.8 Å². The van der Waals surface area contributed by atoms with Crippen LogP contribution in [0, 0.1) is 0 Å². The Morgan fingerprint density at radius 2 is 2.05 bits per heavy atom. The Morgan fingerprint density at radius 3 is 2.73 bits per heavy atom. The van der Waals surface area contributed by atoms with E-state index in [-0.39, 0.29) is 24.1 Å². The van der Waals surface area contributed by atoms with Gasteiger partial charge in [-0.15, -0.1) is 0 Å². The molecule has 2 heterocycles. The number of piperidine rings is 1. The van der Waals surface area contributed by atoms with Crippen molar-refractivity contribution in [3.8, 4) is 0 Å². The number of imide groups is 1. The summed E-state index contributed by atoms with van der Waals surface area (Å²) < 4.78 is 0. The SMILES string of the molecule is CC(C)=Cc1cccc2c1CN(C1CCC(=O)NC1=O)C2=O. The molecule has 3 rings (SSSR count). The van der Waals surface area contributed by atoms with Gasteiger partial charge >= 0.3 is 0 Å². The monoisotopic (exact) mass is 298 g/mol. The van der Waals surface area contributed by atoms with E-state index in [0.717, 1.165) is 16.7 Å². The van der Waals surface area contributed by atoms with Crippen LogP contribution in [0.4, 0.5) is 0 Å². The standard InChI is InChI=1S/C17H18N2O3/c1-10(2)8-11-4-3-5-12-13(11)9-19(17(12)22)14-6-7-15(20)18-16(14)21/h3-5,8,14H,6-7,9H2,1-2H3,(H,18,20,21). The molecule has 0 saturated carbocycles. The van der Waals surface area contributed by atoms with Gasteiger partial charge in [0.15, 0.2) is 0 Å². The molecular formula is C17H18N2O3. The van der Waals surface area contributed by atoms with Crippen LogP contribution in [-0.2, 0) is 16.1 Å². The maximum absolute atomic E-state index is 12.6. The van der Waals surface area contributed by atoms with Crippen molar-refractivity contribution in [1.29, 1.82) is 0 Å². The first-order valence-corrected chi connectivity index (χ1v) is 7.39. The minimum atomic E-state index is -0.558. The Bertz CT molecular complexity index is 702. The van der Waals surface area contributed by atoms with Crippen molar-refractivity contribution in [1.82, 2.24) is 10.2 Å². The molecule has 5 heteroatoms. The molecule has 0 spiro atoms. The Morgan fingerprint density at radius 1 is 1.27 bits per heavy atom. The molecule has 3 amide bonds. The number of nitrogens with zero attached hydrogens (tertiary/aromatic N) is 1. The maximum atomic E-state index is 12.6. The summed E-state index contributed by atoms with van der Waals surface area (Å²) in [5.41, 5.74) is 3.78. The average Bonchev–Trinajstić information content (AvgIpc) is 2.77. The predicted molar refractivity (Wildman–Crippen MR) is 81.8 cm³/mol. The normalized spacial score (nSPS) is 20.7. The molecule has 0 aliphatic carbocycles. The molecule has 1 saturated heterocycles. The third kappa shape index (κ3) is 2.43. The number of allylic oxidation sites excluding steroid dienone is 1. The van der Waals surface area contributed by atoms with Gasteiger partial charge in [-0.3, -0.25) is 19.7 Å². The maximum Gasteiger partial charge on any atom is 0.255 e. The van der Waals surface area contributed by atoms with Gasteiger partial charge in [-0.05, 0) is 37.5 Å². The van der Waals surface area contributed by atoms with Crippen LogP contribution in [0.2, 0.25) is 0 Å². The third-order valence-electron chi connectivity index (χ3n) is 4.06. The first kappa shape index (κ1) is 14.5. The number of nitrogens with one attached hydrogen (secondary N) is 1. The van der Waals surface area contributed by atoms with E-state index in [0.29, 0.717) is 18.5 Å². The zero-order valence-corrected chi connectivity index (χ0v) is 12.7. The van der Waals surface area contributed by atoms with E-state index in [2.05, 4.69) is 5.32 Å². The highest BCUT2D eigenvalue weighted by Crippen LogP contribution is 2.30. The van der Waals surface area contributed by atoms with Gasteiger partial charge in [0.05, 0.1) is 0 Å². The molecule has 1 fully saturated rings. The number of hydrogen-bond donors (Lipinski definition) is 1. The molecule has 114 valence electrons. The highest BCUT2D eigenvalue weighted by Gasteiger charge is 2.39. The molecule has 2 aliphatic heterocycles. The van der Waals surface area contributed by atoms with Crippen molar-refractivity contribution in [2.45, 2.75) is 39.3 Å². The van der Waals surface area contributed by atoms with Crippen LogP contribution >= 0.6 is 0 Å². The van der Waals surface area contributed by atoms with E-state index in [9.17, 15) is 14.4 Å². The molecule has 1 aromatic rings. The van der Waals surface area contributed by atoms with Gasteiger partial charge in [-0.1, -0.05) is 23.8 Å². The molecule has 0 aromatic heterocycles. The highest BCUT2D eigenvalue weighted by atomic mass is 16.2. The van der Waals surface area contributed by atoms with Gasteiger partial charge in [0.1, 0.15) is 6.04 Å². The molecule has 1 N–H and O–H groups in total. The fourth-order valence-corrected chi connectivity index (χ4v) is 3.06. The lowest BCUT2D eigenvalue weighted by atomic mass is 10.0. The largest absolute Gasteiger partial charge is 0.322 e. The molecule has 0 bridgehead atoms. The van der Waals surface area contributed by atoms with E-state index in [4.69, 9.17) is 0 Å². The van der Waals surface area contributed by atoms with E-state index < -0.39 is 6.04 Å². The summed E-state index contributed by atoms with van der Waals surface area (Å²) in [4.78, 5) is 37.5. The molecule has 1 unspecified atom stereocenters. The zero-order valence-electron chi connectivity index (χ0n) is 12.7. The number of rotatable bonds is 2. The molecule has 22 heavy (non-hydrogen) atoms. The molecule has 0 radical (unpaired) electrons. The van der Waals surface area contributed by atoms with Crippen LogP contribution in [-0.4, -0.2) is 28.7 Å². The Kier molecular flexibility index (Phi) is 3.56. The molecule has 1 atom stereocenters. The summed E-state index contributed by atoms with van der Waals surface area (Å²) in [5.74, 6) is -0.773. The number of amides is 3. The summed E-state index contributed by atoms with van der Waals surface area (Å²) in [6.45, 7) is 4.43.